The Morgan fingerprint density at radius 3 is 0.980 bits per heavy atom. The Bertz CT molecular complexity index is 5220. The van der Waals surface area contributed by atoms with Crippen LogP contribution in [0, 0.1) is 13.8 Å². The van der Waals surface area contributed by atoms with Crippen molar-refractivity contribution in [2.24, 2.45) is 0 Å². The van der Waals surface area contributed by atoms with Crippen molar-refractivity contribution >= 4 is 38.7 Å². The van der Waals surface area contributed by atoms with Gasteiger partial charge in [0.2, 0.25) is 0 Å². The lowest BCUT2D eigenvalue weighted by Gasteiger charge is -2.31. The molecule has 0 unspecified atom stereocenters. The van der Waals surface area contributed by atoms with Crippen LogP contribution < -0.4 is 10.6 Å². The van der Waals surface area contributed by atoms with E-state index in [1.54, 1.807) is 0 Å². The van der Waals surface area contributed by atoms with E-state index < -0.39 is 0 Å². The van der Waals surface area contributed by atoms with Gasteiger partial charge >= 0.3 is 0 Å². The number of hydrogen-bond donors (Lipinski definition) is 1. The van der Waals surface area contributed by atoms with E-state index in [9.17, 15) is 0 Å². The molecule has 3 aliphatic carbocycles. The summed E-state index contributed by atoms with van der Waals surface area (Å²) in [5.74, 6) is 0. The summed E-state index contributed by atoms with van der Waals surface area (Å²) in [5, 5.41) is 0. The third-order valence-electron chi connectivity index (χ3n) is 21.0. The molecule has 3 heteroatoms. The summed E-state index contributed by atoms with van der Waals surface area (Å²) in [5.41, 5.74) is 43.8. The summed E-state index contributed by atoms with van der Waals surface area (Å²) in [6.07, 6.45) is 0. The van der Waals surface area contributed by atoms with Crippen molar-refractivity contribution in [3.8, 4) is 100 Å². The lowest BCUT2D eigenvalue weighted by atomic mass is 9.82. The summed E-state index contributed by atoms with van der Waals surface area (Å²) in [6, 6.07) is 117. The molecule has 0 aromatic heterocycles. The van der Waals surface area contributed by atoms with Crippen LogP contribution in [0.25, 0.3) is 100 Å². The molecule has 0 radical (unpaired) electrons. The lowest BCUT2D eigenvalue weighted by Crippen LogP contribution is -2.18. The second-order valence-electron chi connectivity index (χ2n) is 28.0. The van der Waals surface area contributed by atoms with E-state index in [1.165, 1.54) is 139 Å². The first-order valence-corrected chi connectivity index (χ1v) is 35.0. The van der Waals surface area contributed by atoms with Crippen LogP contribution in [-0.2, 0) is 16.2 Å². The number of hydrogen-bond acceptors (Lipinski definition) is 2. The van der Waals surface area contributed by atoms with Crippen molar-refractivity contribution < 1.29 is 0 Å². The third kappa shape index (κ3) is 11.5. The summed E-state index contributed by atoms with van der Waals surface area (Å²) >= 11 is 3.56. The Balaban J connectivity index is 0.000000152. The van der Waals surface area contributed by atoms with Gasteiger partial charge in [-0.1, -0.05) is 318 Å². The van der Waals surface area contributed by atoms with E-state index >= 15 is 0 Å². The standard InChI is InChI=1S/C55H45N.C25H21N.C15H13Br/c1-36-15-9-10-18-43(36)48-33-40(39-25-23-38(24-26-39)37-16-7-6-8-17-37)27-32-53(48)56(41-28-30-46-44-19-11-13-21-49(44)54(2,3)51(46)34-41)42-29-31-47-45-20-12-14-22-50(45)55(4,5)52(47)35-42;1-18-7-5-6-10-23(18)24-17-22(15-16-25(24)26)21-13-11-20(12-14-21)19-8-3-2-4-9-19;1-15(2)13-6-4-3-5-11(13)12-8-7-10(16)9-14(12)15/h6-35H,1-5H3;2-17H,26H2,1H3;3-9H,1-2H3. The Morgan fingerprint density at radius 1 is 0.245 bits per heavy atom. The normalized spacial score (nSPS) is 13.4. The number of anilines is 4. The average molecular weight is 1330 g/mol. The summed E-state index contributed by atoms with van der Waals surface area (Å²) < 4.78 is 1.16. The van der Waals surface area contributed by atoms with Gasteiger partial charge in [0.25, 0.3) is 0 Å². The van der Waals surface area contributed by atoms with Crippen LogP contribution >= 0.6 is 15.9 Å². The van der Waals surface area contributed by atoms with E-state index in [2.05, 4.69) is 386 Å². The molecule has 3 aliphatic rings. The quantitative estimate of drug-likeness (QED) is 0.146. The molecule has 0 bridgehead atoms. The molecule has 0 saturated carbocycles. The first-order valence-electron chi connectivity index (χ1n) is 34.2. The van der Waals surface area contributed by atoms with Crippen molar-refractivity contribution in [3.63, 3.8) is 0 Å². The van der Waals surface area contributed by atoms with Crippen LogP contribution in [0.1, 0.15) is 86.1 Å². The first kappa shape index (κ1) is 63.2. The molecule has 476 valence electrons. The summed E-state index contributed by atoms with van der Waals surface area (Å²) in [4.78, 5) is 2.52. The zero-order valence-electron chi connectivity index (χ0n) is 57.0. The predicted molar refractivity (Wildman–Crippen MR) is 421 cm³/mol. The first-order chi connectivity index (χ1) is 47.5. The molecule has 0 spiro atoms. The topological polar surface area (TPSA) is 29.3 Å². The highest BCUT2D eigenvalue weighted by Crippen LogP contribution is 2.55. The number of nitrogen functional groups attached to an aromatic ring is 1. The highest BCUT2D eigenvalue weighted by Gasteiger charge is 2.39. The second kappa shape index (κ2) is 25.6. The summed E-state index contributed by atoms with van der Waals surface area (Å²) in [7, 11) is 0. The van der Waals surface area contributed by atoms with Gasteiger partial charge in [0.1, 0.15) is 0 Å². The van der Waals surface area contributed by atoms with Gasteiger partial charge in [-0.3, -0.25) is 0 Å². The number of nitrogens with zero attached hydrogens (tertiary/aromatic N) is 1. The van der Waals surface area contributed by atoms with Crippen LogP contribution in [0.15, 0.2) is 326 Å². The van der Waals surface area contributed by atoms with Gasteiger partial charge in [-0.15, -0.1) is 0 Å². The molecular formula is C95H79BrN2. The molecule has 2 nitrogen and oxygen atoms in total. The zero-order chi connectivity index (χ0) is 67.5. The fraction of sp³-hybridized carbons (Fsp3) is 0.116. The number of aryl methyl sites for hydroxylation is 2. The maximum atomic E-state index is 6.27. The fourth-order valence-electron chi connectivity index (χ4n) is 15.6. The second-order valence-corrected chi connectivity index (χ2v) is 29.0. The average Bonchev–Trinajstić information content (AvgIpc) is 1.55. The monoisotopic (exact) mass is 1330 g/mol. The molecular weight excluding hydrogens is 1250 g/mol. The maximum Gasteiger partial charge on any atom is 0.0540 e. The molecule has 0 amide bonds. The lowest BCUT2D eigenvalue weighted by molar-refractivity contribution is 0.660. The van der Waals surface area contributed by atoms with Crippen molar-refractivity contribution in [1.82, 2.24) is 0 Å². The minimum Gasteiger partial charge on any atom is -0.398 e. The van der Waals surface area contributed by atoms with E-state index in [-0.39, 0.29) is 16.2 Å². The van der Waals surface area contributed by atoms with E-state index in [0.29, 0.717) is 0 Å². The highest BCUT2D eigenvalue weighted by molar-refractivity contribution is 9.10. The van der Waals surface area contributed by atoms with Crippen molar-refractivity contribution in [2.75, 3.05) is 10.6 Å². The largest absolute Gasteiger partial charge is 0.398 e. The molecule has 2 N–H and O–H groups in total. The van der Waals surface area contributed by atoms with Gasteiger partial charge in [-0.2, -0.15) is 0 Å². The van der Waals surface area contributed by atoms with Gasteiger partial charge in [0, 0.05) is 48.9 Å². The molecule has 0 aliphatic heterocycles. The minimum atomic E-state index is -0.121. The van der Waals surface area contributed by atoms with E-state index in [4.69, 9.17) is 5.73 Å². The van der Waals surface area contributed by atoms with Crippen molar-refractivity contribution in [3.05, 3.63) is 370 Å². The molecule has 14 aromatic carbocycles. The van der Waals surface area contributed by atoms with Gasteiger partial charge in [-0.05, 0) is 208 Å². The van der Waals surface area contributed by atoms with Crippen LogP contribution in [0.3, 0.4) is 0 Å². The molecule has 0 saturated heterocycles. The number of benzene rings is 14. The number of fused-ring (bicyclic) bond motifs is 9. The van der Waals surface area contributed by atoms with Crippen LogP contribution in [-0.4, -0.2) is 0 Å². The SMILES string of the molecule is CC1(C)c2ccccc2-c2ccc(Br)cc21.Cc1ccccc1-c1cc(-c2ccc(-c3ccccc3)cc2)ccc1N.Cc1ccccc1-c1cc(-c2ccc(-c3ccccc3)cc2)ccc1N(c1ccc2c(c1)C(C)(C)c1ccccc1-2)c1ccc2c(c1)C(C)(C)c1ccccc1-2. The third-order valence-corrected chi connectivity index (χ3v) is 21.5. The van der Waals surface area contributed by atoms with Crippen molar-refractivity contribution in [1.29, 1.82) is 0 Å². The van der Waals surface area contributed by atoms with Crippen LogP contribution in [0.5, 0.6) is 0 Å². The van der Waals surface area contributed by atoms with Crippen LogP contribution in [0.2, 0.25) is 0 Å². The minimum absolute atomic E-state index is 0.121. The fourth-order valence-corrected chi connectivity index (χ4v) is 15.9. The van der Waals surface area contributed by atoms with Gasteiger partial charge in [-0.25, -0.2) is 0 Å². The number of nitrogens with two attached hydrogens (primary N) is 1. The number of halogens is 1. The maximum absolute atomic E-state index is 6.27. The van der Waals surface area contributed by atoms with E-state index in [1.807, 2.05) is 12.1 Å². The van der Waals surface area contributed by atoms with Gasteiger partial charge < -0.3 is 10.6 Å². The van der Waals surface area contributed by atoms with Crippen molar-refractivity contribution in [2.45, 2.75) is 71.6 Å². The Kier molecular flexibility index (Phi) is 16.5. The highest BCUT2D eigenvalue weighted by atomic mass is 79.9. The Hall–Kier alpha value is -10.8. The molecule has 14 aromatic rings. The molecule has 17 rings (SSSR count). The molecule has 98 heavy (non-hydrogen) atoms. The van der Waals surface area contributed by atoms with Gasteiger partial charge in [0.15, 0.2) is 0 Å². The predicted octanol–water partition coefficient (Wildman–Crippen LogP) is 26.4. The summed E-state index contributed by atoms with van der Waals surface area (Å²) in [6.45, 7) is 18.4. The molecule has 0 fully saturated rings. The molecule has 0 atom stereocenters. The van der Waals surface area contributed by atoms with Gasteiger partial charge in [0.05, 0.1) is 5.69 Å². The van der Waals surface area contributed by atoms with Crippen LogP contribution in [0.4, 0.5) is 22.7 Å². The Morgan fingerprint density at radius 2 is 0.551 bits per heavy atom. The van der Waals surface area contributed by atoms with E-state index in [0.717, 1.165) is 32.8 Å². The molecule has 0 heterocycles. The smallest absolute Gasteiger partial charge is 0.0540 e. The Labute approximate surface area is 587 Å². The zero-order valence-corrected chi connectivity index (χ0v) is 58.6. The number of rotatable bonds is 9.